The lowest BCUT2D eigenvalue weighted by atomic mass is 10.3. The first-order chi connectivity index (χ1) is 9.72. The average molecular weight is 306 g/mol. The number of benzene rings is 1. The van der Waals surface area contributed by atoms with E-state index in [1.807, 2.05) is 37.4 Å². The van der Waals surface area contributed by atoms with Gasteiger partial charge in [-0.2, -0.15) is 5.10 Å². The van der Waals surface area contributed by atoms with Crippen LogP contribution >= 0.6 is 23.4 Å². The number of aryl methyl sites for hydroxylation is 1. The Bertz CT molecular complexity index is 710. The first kappa shape index (κ1) is 13.3. The standard InChI is InChI=1S/C13H12ClN5S/c1-3-10-15-11-12(16-17-13(11)20-2)19(18-10)9-6-4-8(14)5-7-9/h4-7H,3H2,1-2H3. The molecule has 2 heterocycles. The Balaban J connectivity index is 2.22. The maximum atomic E-state index is 5.93. The van der Waals surface area contributed by atoms with Crippen molar-refractivity contribution in [2.45, 2.75) is 18.4 Å². The fraction of sp³-hybridized carbons (Fsp3) is 0.231. The fourth-order valence-electron chi connectivity index (χ4n) is 1.89. The number of rotatable bonds is 3. The second-order valence-corrected chi connectivity index (χ2v) is 5.38. The van der Waals surface area contributed by atoms with E-state index in [0.29, 0.717) is 10.8 Å². The summed E-state index contributed by atoms with van der Waals surface area (Å²) in [4.78, 5) is 4.52. The number of thioether (sulfide) groups is 1. The highest BCUT2D eigenvalue weighted by Crippen LogP contribution is 2.28. The molecule has 0 saturated carbocycles. The molecule has 0 bridgehead atoms. The quantitative estimate of drug-likeness (QED) is 0.696. The van der Waals surface area contributed by atoms with E-state index in [4.69, 9.17) is 11.6 Å². The van der Waals surface area contributed by atoms with Gasteiger partial charge < -0.3 is 0 Å². The summed E-state index contributed by atoms with van der Waals surface area (Å²) in [5.74, 6) is 1.42. The molecule has 0 atom stereocenters. The van der Waals surface area contributed by atoms with Crippen LogP contribution in [0.5, 0.6) is 0 Å². The van der Waals surface area contributed by atoms with E-state index in [1.165, 1.54) is 11.8 Å². The molecule has 1 aromatic carbocycles. The number of hydrogen-bond acceptors (Lipinski definition) is 5. The zero-order valence-corrected chi connectivity index (χ0v) is 12.6. The summed E-state index contributed by atoms with van der Waals surface area (Å²) in [6, 6.07) is 7.47. The van der Waals surface area contributed by atoms with E-state index in [0.717, 1.165) is 28.7 Å². The van der Waals surface area contributed by atoms with Gasteiger partial charge in [0.1, 0.15) is 16.5 Å². The van der Waals surface area contributed by atoms with Gasteiger partial charge in [0.15, 0.2) is 0 Å². The molecular formula is C13H12ClN5S. The molecule has 0 saturated heterocycles. The van der Waals surface area contributed by atoms with Crippen molar-refractivity contribution in [2.24, 2.45) is 0 Å². The molecule has 1 aromatic rings. The number of fused-ring (bicyclic) bond motifs is 1. The molecule has 0 fully saturated rings. The predicted octanol–water partition coefficient (Wildman–Crippen LogP) is 3.10. The largest absolute Gasteiger partial charge is 0.225 e. The van der Waals surface area contributed by atoms with Crippen molar-refractivity contribution in [3.63, 3.8) is 0 Å². The molecule has 5 nitrogen and oxygen atoms in total. The summed E-state index contributed by atoms with van der Waals surface area (Å²) < 4.78 is 1.77. The van der Waals surface area contributed by atoms with Gasteiger partial charge in [0.05, 0.1) is 5.69 Å². The van der Waals surface area contributed by atoms with Crippen LogP contribution in [0.25, 0.3) is 17.2 Å². The summed E-state index contributed by atoms with van der Waals surface area (Å²) in [6.07, 6.45) is 2.71. The molecule has 2 aliphatic heterocycles. The highest BCUT2D eigenvalue weighted by atomic mass is 35.5. The van der Waals surface area contributed by atoms with Crippen molar-refractivity contribution in [1.82, 2.24) is 25.0 Å². The van der Waals surface area contributed by atoms with Crippen LogP contribution in [0.3, 0.4) is 0 Å². The summed E-state index contributed by atoms with van der Waals surface area (Å²) in [5.41, 5.74) is 1.68. The molecule has 0 spiro atoms. The van der Waals surface area contributed by atoms with Crippen molar-refractivity contribution < 1.29 is 0 Å². The van der Waals surface area contributed by atoms with Crippen molar-refractivity contribution in [1.29, 1.82) is 0 Å². The molecule has 0 amide bonds. The Morgan fingerprint density at radius 1 is 1.20 bits per heavy atom. The lowest BCUT2D eigenvalue weighted by Gasteiger charge is -2.11. The maximum Gasteiger partial charge on any atom is 0.205 e. The van der Waals surface area contributed by atoms with E-state index >= 15 is 0 Å². The lowest BCUT2D eigenvalue weighted by Crippen LogP contribution is -2.11. The van der Waals surface area contributed by atoms with Crippen LogP contribution in [0.15, 0.2) is 29.3 Å². The van der Waals surface area contributed by atoms with E-state index in [9.17, 15) is 0 Å². The van der Waals surface area contributed by atoms with E-state index < -0.39 is 0 Å². The first-order valence-electron chi connectivity index (χ1n) is 6.15. The number of aromatic nitrogens is 5. The smallest absolute Gasteiger partial charge is 0.205 e. The minimum atomic E-state index is 0.661. The number of hydrogen-bond donors (Lipinski definition) is 0. The zero-order chi connectivity index (χ0) is 14.1. The number of nitrogens with zero attached hydrogens (tertiary/aromatic N) is 5. The van der Waals surface area contributed by atoms with Crippen molar-refractivity contribution in [3.05, 3.63) is 35.1 Å². The van der Waals surface area contributed by atoms with Crippen LogP contribution in [0.4, 0.5) is 0 Å². The zero-order valence-electron chi connectivity index (χ0n) is 11.0. The predicted molar refractivity (Wildman–Crippen MR) is 79.7 cm³/mol. The van der Waals surface area contributed by atoms with Gasteiger partial charge in [-0.15, -0.1) is 22.0 Å². The van der Waals surface area contributed by atoms with Gasteiger partial charge in [-0.1, -0.05) is 18.5 Å². The Hall–Kier alpha value is -1.66. The normalized spacial score (nSPS) is 11.2. The summed E-state index contributed by atoms with van der Waals surface area (Å²) in [7, 11) is 0. The Morgan fingerprint density at radius 2 is 1.95 bits per heavy atom. The van der Waals surface area contributed by atoms with Gasteiger partial charge in [-0.3, -0.25) is 0 Å². The maximum absolute atomic E-state index is 5.93. The van der Waals surface area contributed by atoms with Gasteiger partial charge in [0.2, 0.25) is 5.82 Å². The highest BCUT2D eigenvalue weighted by Gasteiger charge is 2.21. The summed E-state index contributed by atoms with van der Waals surface area (Å²) in [6.45, 7) is 2.02. The second kappa shape index (κ2) is 5.38. The van der Waals surface area contributed by atoms with Crippen LogP contribution in [-0.4, -0.2) is 31.2 Å². The van der Waals surface area contributed by atoms with Gasteiger partial charge in [-0.05, 0) is 30.5 Å². The Labute approximate surface area is 125 Å². The monoisotopic (exact) mass is 305 g/mol. The number of halogens is 1. The molecule has 3 rings (SSSR count). The lowest BCUT2D eigenvalue weighted by molar-refractivity contribution is 0.744. The van der Waals surface area contributed by atoms with Crippen LogP contribution in [-0.2, 0) is 6.42 Å². The van der Waals surface area contributed by atoms with Crippen LogP contribution in [0, 0.1) is 0 Å². The van der Waals surface area contributed by atoms with E-state index in [-0.39, 0.29) is 0 Å². The van der Waals surface area contributed by atoms with Crippen LogP contribution < -0.4 is 0 Å². The molecule has 0 aliphatic carbocycles. The topological polar surface area (TPSA) is 56.5 Å². The highest BCUT2D eigenvalue weighted by molar-refractivity contribution is 7.98. The van der Waals surface area contributed by atoms with Gasteiger partial charge in [-0.25, -0.2) is 9.67 Å². The minimum absolute atomic E-state index is 0.661. The summed E-state index contributed by atoms with van der Waals surface area (Å²) >= 11 is 7.46. The SMILES string of the molecule is CCc1nc2c(SC)nnc-2n(-c2ccc(Cl)cc2)n1. The van der Waals surface area contributed by atoms with Crippen molar-refractivity contribution in [3.8, 4) is 17.2 Å². The summed E-state index contributed by atoms with van der Waals surface area (Å²) in [5, 5.41) is 14.4. The van der Waals surface area contributed by atoms with E-state index in [2.05, 4.69) is 20.3 Å². The Morgan fingerprint density at radius 3 is 2.60 bits per heavy atom. The molecule has 0 unspecified atom stereocenters. The molecule has 0 N–H and O–H groups in total. The average Bonchev–Trinajstić information content (AvgIpc) is 2.90. The first-order valence-corrected chi connectivity index (χ1v) is 7.75. The fourth-order valence-corrected chi connectivity index (χ4v) is 2.47. The molecule has 2 aliphatic rings. The molecule has 0 aromatic heterocycles. The van der Waals surface area contributed by atoms with Crippen LogP contribution in [0.2, 0.25) is 5.02 Å². The van der Waals surface area contributed by atoms with Gasteiger partial charge in [0.25, 0.3) is 0 Å². The second-order valence-electron chi connectivity index (χ2n) is 4.15. The third kappa shape index (κ3) is 2.25. The third-order valence-electron chi connectivity index (χ3n) is 2.89. The Kier molecular flexibility index (Phi) is 3.58. The van der Waals surface area contributed by atoms with Crippen molar-refractivity contribution in [2.75, 3.05) is 6.26 Å². The molecule has 20 heavy (non-hydrogen) atoms. The molecular weight excluding hydrogens is 294 g/mol. The van der Waals surface area contributed by atoms with Gasteiger partial charge >= 0.3 is 0 Å². The minimum Gasteiger partial charge on any atom is -0.225 e. The van der Waals surface area contributed by atoms with Gasteiger partial charge in [0, 0.05) is 11.4 Å². The molecule has 102 valence electrons. The van der Waals surface area contributed by atoms with Crippen molar-refractivity contribution >= 4 is 23.4 Å². The molecule has 0 radical (unpaired) electrons. The molecule has 7 heteroatoms. The third-order valence-corrected chi connectivity index (χ3v) is 3.80. The van der Waals surface area contributed by atoms with E-state index in [1.54, 1.807) is 4.68 Å². The van der Waals surface area contributed by atoms with Crippen LogP contribution in [0.1, 0.15) is 12.7 Å².